The molecule has 0 bridgehead atoms. The zero-order valence-corrected chi connectivity index (χ0v) is 17.1. The molecule has 2 N–H and O–H groups in total. The second-order valence-corrected chi connectivity index (χ2v) is 6.95. The summed E-state index contributed by atoms with van der Waals surface area (Å²) in [5.41, 5.74) is 3.39. The van der Waals surface area contributed by atoms with Gasteiger partial charge in [-0.1, -0.05) is 30.3 Å². The van der Waals surface area contributed by atoms with E-state index in [4.69, 9.17) is 9.15 Å². The smallest absolute Gasteiger partial charge is 0.255 e. The Hall–Kier alpha value is -4.13. The number of amides is 1. The van der Waals surface area contributed by atoms with E-state index in [-0.39, 0.29) is 18.2 Å². The number of aromatic amines is 1. The molecule has 0 saturated heterocycles. The number of nitrogens with one attached hydrogen (secondary N) is 2. The molecule has 0 aliphatic heterocycles. The number of methoxy groups -OCH3 is 1. The summed E-state index contributed by atoms with van der Waals surface area (Å²) in [7, 11) is 1.53. The van der Waals surface area contributed by atoms with Crippen molar-refractivity contribution < 1.29 is 18.7 Å². The van der Waals surface area contributed by atoms with Gasteiger partial charge in [0, 0.05) is 5.56 Å². The third-order valence-electron chi connectivity index (χ3n) is 4.91. The van der Waals surface area contributed by atoms with Gasteiger partial charge in [0.05, 0.1) is 42.1 Å². The fraction of sp³-hybridized carbons (Fsp3) is 0.125. The number of ether oxygens (including phenoxy) is 1. The Bertz CT molecular complexity index is 1250. The third-order valence-corrected chi connectivity index (χ3v) is 4.91. The topological polar surface area (TPSA) is 97.2 Å². The van der Waals surface area contributed by atoms with Crippen LogP contribution in [0, 0.1) is 0 Å². The van der Waals surface area contributed by atoms with Gasteiger partial charge in [-0.2, -0.15) is 5.10 Å². The number of hydrogen-bond donors (Lipinski definition) is 2. The third kappa shape index (κ3) is 4.25. The van der Waals surface area contributed by atoms with Gasteiger partial charge >= 0.3 is 0 Å². The summed E-state index contributed by atoms with van der Waals surface area (Å²) < 4.78 is 10.9. The number of fused-ring (bicyclic) bond motifs is 1. The Morgan fingerprint density at radius 1 is 1.13 bits per heavy atom. The van der Waals surface area contributed by atoms with Crippen LogP contribution in [0.1, 0.15) is 44.7 Å². The van der Waals surface area contributed by atoms with Gasteiger partial charge in [0.2, 0.25) is 0 Å². The number of carbonyl (C=O) groups excluding carboxylic acids is 2. The van der Waals surface area contributed by atoms with E-state index in [9.17, 15) is 9.59 Å². The van der Waals surface area contributed by atoms with Crippen LogP contribution in [0.4, 0.5) is 0 Å². The average molecular weight is 415 g/mol. The summed E-state index contributed by atoms with van der Waals surface area (Å²) in [5.74, 6) is 0.855. The van der Waals surface area contributed by atoms with Crippen LogP contribution in [0.3, 0.4) is 0 Å². The Balaban J connectivity index is 1.63. The van der Waals surface area contributed by atoms with E-state index in [2.05, 4.69) is 15.5 Å². The molecular weight excluding hydrogens is 394 g/mol. The molecule has 0 unspecified atom stereocenters. The zero-order valence-electron chi connectivity index (χ0n) is 17.1. The highest BCUT2D eigenvalue weighted by molar-refractivity contribution is 6.05. The highest BCUT2D eigenvalue weighted by Crippen LogP contribution is 2.32. The van der Waals surface area contributed by atoms with Gasteiger partial charge in [-0.05, 0) is 42.8 Å². The summed E-state index contributed by atoms with van der Waals surface area (Å²) in [6, 6.07) is 14.4. The normalized spacial score (nSPS) is 11.2. The van der Waals surface area contributed by atoms with Crippen molar-refractivity contribution in [1.82, 2.24) is 15.5 Å². The summed E-state index contributed by atoms with van der Waals surface area (Å²) in [5, 5.41) is 10.9. The second kappa shape index (κ2) is 8.71. The summed E-state index contributed by atoms with van der Waals surface area (Å²) in [4.78, 5) is 24.2. The van der Waals surface area contributed by atoms with E-state index in [0.29, 0.717) is 33.7 Å². The van der Waals surface area contributed by atoms with Crippen LogP contribution >= 0.6 is 0 Å². The Labute approximate surface area is 178 Å². The standard InChI is InChI=1S/C24H21N3O4/c1-15(28)17-8-5-16(6-9-17)7-11-20-22-21(27-26-20)12-10-19(23(22)30-2)24(29)25-14-18-4-3-13-31-18/h3-13H,14H2,1-2H3,(H,25,29)(H,26,27). The first-order valence-corrected chi connectivity index (χ1v) is 9.71. The van der Waals surface area contributed by atoms with Crippen molar-refractivity contribution in [3.63, 3.8) is 0 Å². The summed E-state index contributed by atoms with van der Waals surface area (Å²) in [6.45, 7) is 1.82. The first kappa shape index (κ1) is 20.2. The molecule has 1 amide bonds. The minimum atomic E-state index is -0.272. The maximum absolute atomic E-state index is 12.8. The predicted molar refractivity (Wildman–Crippen MR) is 118 cm³/mol. The molecule has 0 spiro atoms. The number of aromatic nitrogens is 2. The van der Waals surface area contributed by atoms with Crippen LogP contribution < -0.4 is 10.1 Å². The Morgan fingerprint density at radius 2 is 1.94 bits per heavy atom. The molecule has 7 nitrogen and oxygen atoms in total. The van der Waals surface area contributed by atoms with Crippen molar-refractivity contribution in [1.29, 1.82) is 0 Å². The highest BCUT2D eigenvalue weighted by atomic mass is 16.5. The number of H-pyrrole nitrogens is 1. The number of rotatable bonds is 7. The van der Waals surface area contributed by atoms with Gasteiger partial charge in [0.25, 0.3) is 5.91 Å². The highest BCUT2D eigenvalue weighted by Gasteiger charge is 2.19. The van der Waals surface area contributed by atoms with Crippen LogP contribution in [-0.4, -0.2) is 29.0 Å². The van der Waals surface area contributed by atoms with Crippen LogP contribution in [0.25, 0.3) is 23.1 Å². The van der Waals surface area contributed by atoms with Crippen molar-refractivity contribution in [2.24, 2.45) is 0 Å². The maximum atomic E-state index is 12.8. The number of carbonyl (C=O) groups is 2. The number of hydrogen-bond acceptors (Lipinski definition) is 5. The number of nitrogens with zero attached hydrogens (tertiary/aromatic N) is 1. The molecule has 31 heavy (non-hydrogen) atoms. The Kier molecular flexibility index (Phi) is 5.66. The molecule has 2 aromatic carbocycles. The number of ketones is 1. The molecule has 156 valence electrons. The summed E-state index contributed by atoms with van der Waals surface area (Å²) >= 11 is 0. The lowest BCUT2D eigenvalue weighted by Gasteiger charge is -2.10. The first-order chi connectivity index (χ1) is 15.1. The fourth-order valence-electron chi connectivity index (χ4n) is 3.30. The Morgan fingerprint density at radius 3 is 2.61 bits per heavy atom. The number of benzene rings is 2. The van der Waals surface area contributed by atoms with E-state index >= 15 is 0 Å². The van der Waals surface area contributed by atoms with E-state index in [1.807, 2.05) is 24.3 Å². The number of Topliss-reactive ketones (excluding diaryl/α,β-unsaturated/α-hetero) is 1. The second-order valence-electron chi connectivity index (χ2n) is 6.95. The van der Waals surface area contributed by atoms with Crippen molar-refractivity contribution in [3.05, 3.63) is 82.9 Å². The fourth-order valence-corrected chi connectivity index (χ4v) is 3.30. The molecule has 2 heterocycles. The van der Waals surface area contributed by atoms with Gasteiger partial charge in [0.1, 0.15) is 11.5 Å². The predicted octanol–water partition coefficient (Wildman–Crippen LogP) is 4.47. The monoisotopic (exact) mass is 415 g/mol. The lowest BCUT2D eigenvalue weighted by Crippen LogP contribution is -2.23. The molecule has 2 aromatic heterocycles. The van der Waals surface area contributed by atoms with Gasteiger partial charge in [0.15, 0.2) is 5.78 Å². The molecular formula is C24H21N3O4. The van der Waals surface area contributed by atoms with Crippen molar-refractivity contribution in [2.45, 2.75) is 13.5 Å². The maximum Gasteiger partial charge on any atom is 0.255 e. The van der Waals surface area contributed by atoms with Crippen LogP contribution in [0.2, 0.25) is 0 Å². The molecule has 0 atom stereocenters. The lowest BCUT2D eigenvalue weighted by molar-refractivity contribution is 0.0944. The van der Waals surface area contributed by atoms with E-state index in [1.54, 1.807) is 42.7 Å². The average Bonchev–Trinajstić information content (AvgIpc) is 3.45. The van der Waals surface area contributed by atoms with E-state index < -0.39 is 0 Å². The van der Waals surface area contributed by atoms with Crippen molar-refractivity contribution >= 4 is 34.7 Å². The number of furan rings is 1. The van der Waals surface area contributed by atoms with Gasteiger partial charge in [-0.15, -0.1) is 0 Å². The minimum absolute atomic E-state index is 0.0245. The largest absolute Gasteiger partial charge is 0.495 e. The van der Waals surface area contributed by atoms with E-state index in [0.717, 1.165) is 11.1 Å². The van der Waals surface area contributed by atoms with Crippen LogP contribution in [0.15, 0.2) is 59.2 Å². The van der Waals surface area contributed by atoms with Crippen molar-refractivity contribution in [3.8, 4) is 5.75 Å². The quantitative estimate of drug-likeness (QED) is 0.434. The molecule has 4 rings (SSSR count). The molecule has 0 radical (unpaired) electrons. The molecule has 7 heteroatoms. The van der Waals surface area contributed by atoms with E-state index in [1.165, 1.54) is 14.0 Å². The molecule has 0 fully saturated rings. The lowest BCUT2D eigenvalue weighted by atomic mass is 10.1. The van der Waals surface area contributed by atoms with Gasteiger partial charge in [-0.25, -0.2) is 0 Å². The molecule has 0 aliphatic carbocycles. The SMILES string of the molecule is COc1c(C(=O)NCc2ccco2)ccc2[nH]nc(C=Cc3ccc(C(C)=O)cc3)c12. The first-order valence-electron chi connectivity index (χ1n) is 9.71. The summed E-state index contributed by atoms with van der Waals surface area (Å²) in [6.07, 6.45) is 5.29. The molecule has 0 aliphatic rings. The van der Waals surface area contributed by atoms with Gasteiger partial charge in [-0.3, -0.25) is 14.7 Å². The van der Waals surface area contributed by atoms with Gasteiger partial charge < -0.3 is 14.5 Å². The molecule has 4 aromatic rings. The van der Waals surface area contributed by atoms with Crippen LogP contribution in [0.5, 0.6) is 5.75 Å². The van der Waals surface area contributed by atoms with Crippen LogP contribution in [-0.2, 0) is 6.54 Å². The molecule has 0 saturated carbocycles. The van der Waals surface area contributed by atoms with Crippen molar-refractivity contribution in [2.75, 3.05) is 7.11 Å². The zero-order chi connectivity index (χ0) is 21.8. The minimum Gasteiger partial charge on any atom is -0.495 e.